The van der Waals surface area contributed by atoms with Crippen LogP contribution in [0.1, 0.15) is 24.3 Å². The van der Waals surface area contributed by atoms with Crippen LogP contribution in [-0.4, -0.2) is 56.4 Å². The van der Waals surface area contributed by atoms with Crippen molar-refractivity contribution in [2.45, 2.75) is 36.6 Å². The van der Waals surface area contributed by atoms with Crippen molar-refractivity contribution in [2.75, 3.05) is 22.7 Å². The summed E-state index contributed by atoms with van der Waals surface area (Å²) in [4.78, 5) is 27.0. The van der Waals surface area contributed by atoms with E-state index < -0.39 is 45.7 Å². The third-order valence-electron chi connectivity index (χ3n) is 5.90. The molecular weight excluding hydrogens is 560 g/mol. The zero-order valence-corrected chi connectivity index (χ0v) is 21.9. The van der Waals surface area contributed by atoms with Gasteiger partial charge in [-0.2, -0.15) is 13.2 Å². The number of amides is 2. The molecule has 15 heteroatoms. The Balaban J connectivity index is 1.62. The summed E-state index contributed by atoms with van der Waals surface area (Å²) in [6, 6.07) is 11.0. The van der Waals surface area contributed by atoms with Crippen molar-refractivity contribution in [1.29, 1.82) is 0 Å². The third-order valence-corrected chi connectivity index (χ3v) is 7.70. The molecule has 3 N–H and O–H groups in total. The topological polar surface area (TPSA) is 130 Å². The molecule has 1 aliphatic rings. The molecule has 3 aromatic rings. The summed E-state index contributed by atoms with van der Waals surface area (Å²) in [5, 5.41) is 4.80. The molecule has 0 spiro atoms. The Kier molecular flexibility index (Phi) is 7.70. The van der Waals surface area contributed by atoms with E-state index in [0.29, 0.717) is 13.8 Å². The van der Waals surface area contributed by atoms with Gasteiger partial charge in [-0.25, -0.2) is 17.6 Å². The Morgan fingerprint density at radius 1 is 1.12 bits per heavy atom. The van der Waals surface area contributed by atoms with E-state index in [2.05, 4.69) is 20.4 Å². The molecule has 4 rings (SSSR count). The summed E-state index contributed by atoms with van der Waals surface area (Å²) in [5.74, 6) is -1.06. The highest BCUT2D eigenvalue weighted by Gasteiger charge is 2.51. The Labute approximate surface area is 226 Å². The maximum absolute atomic E-state index is 13.6. The number of benzene rings is 2. The van der Waals surface area contributed by atoms with Crippen LogP contribution in [0.15, 0.2) is 65.7 Å². The average molecular weight is 585 g/mol. The Bertz CT molecular complexity index is 1490. The third kappa shape index (κ3) is 6.14. The number of carbonyl (C=O) groups excluding carboxylic acids is 2. The van der Waals surface area contributed by atoms with Crippen molar-refractivity contribution in [1.82, 2.24) is 10.3 Å². The molecule has 0 radical (unpaired) electrons. The SMILES string of the molecule is CC(C)(OC(=O)Nc1ccc2c(c1)N(S(=O)(=O)c1ccc(F)cc1)CC(CNC(=O)c1ccc[nH]1)O2)C(F)(F)F. The Hall–Kier alpha value is -4.27. The highest BCUT2D eigenvalue weighted by molar-refractivity contribution is 7.92. The molecule has 2 heterocycles. The first-order chi connectivity index (χ1) is 18.7. The van der Waals surface area contributed by atoms with Crippen molar-refractivity contribution in [2.24, 2.45) is 0 Å². The van der Waals surface area contributed by atoms with E-state index >= 15 is 0 Å². The number of alkyl halides is 3. The molecule has 0 saturated heterocycles. The summed E-state index contributed by atoms with van der Waals surface area (Å²) in [5.41, 5.74) is -2.64. The number of nitrogens with one attached hydrogen (secondary N) is 3. The number of rotatable bonds is 7. The molecular formula is C25H24F4N4O6S. The van der Waals surface area contributed by atoms with Crippen molar-refractivity contribution in [3.05, 3.63) is 72.3 Å². The minimum Gasteiger partial charge on any atom is -0.484 e. The number of hydrogen-bond donors (Lipinski definition) is 3. The molecule has 0 aliphatic carbocycles. The molecule has 0 saturated carbocycles. The number of halogens is 4. The first-order valence-electron chi connectivity index (χ1n) is 11.7. The van der Waals surface area contributed by atoms with E-state index in [1.165, 1.54) is 18.2 Å². The highest BCUT2D eigenvalue weighted by atomic mass is 32.2. The number of anilines is 2. The van der Waals surface area contributed by atoms with Gasteiger partial charge in [-0.05, 0) is 68.4 Å². The molecule has 0 bridgehead atoms. The smallest absolute Gasteiger partial charge is 0.427 e. The Morgan fingerprint density at radius 3 is 2.45 bits per heavy atom. The lowest BCUT2D eigenvalue weighted by Gasteiger charge is -2.36. The minimum absolute atomic E-state index is 0.0469. The summed E-state index contributed by atoms with van der Waals surface area (Å²) >= 11 is 0. The Morgan fingerprint density at radius 2 is 1.82 bits per heavy atom. The second kappa shape index (κ2) is 10.7. The highest BCUT2D eigenvalue weighted by Crippen LogP contribution is 2.39. The fourth-order valence-electron chi connectivity index (χ4n) is 3.66. The monoisotopic (exact) mass is 584 g/mol. The van der Waals surface area contributed by atoms with Crippen molar-refractivity contribution in [3.63, 3.8) is 0 Å². The van der Waals surface area contributed by atoms with Gasteiger partial charge in [-0.1, -0.05) is 0 Å². The van der Waals surface area contributed by atoms with Gasteiger partial charge in [0.05, 0.1) is 23.7 Å². The van der Waals surface area contributed by atoms with Crippen LogP contribution < -0.4 is 19.7 Å². The van der Waals surface area contributed by atoms with Gasteiger partial charge in [-0.15, -0.1) is 0 Å². The van der Waals surface area contributed by atoms with Gasteiger partial charge in [0.25, 0.3) is 15.9 Å². The van der Waals surface area contributed by atoms with Crippen LogP contribution >= 0.6 is 0 Å². The van der Waals surface area contributed by atoms with Gasteiger partial charge < -0.3 is 19.8 Å². The molecule has 1 atom stereocenters. The van der Waals surface area contributed by atoms with E-state index in [-0.39, 0.29) is 40.8 Å². The first-order valence-corrected chi connectivity index (χ1v) is 13.2. The van der Waals surface area contributed by atoms with Crippen LogP contribution in [0.4, 0.5) is 33.7 Å². The summed E-state index contributed by atoms with van der Waals surface area (Å²) in [7, 11) is -4.33. The van der Waals surface area contributed by atoms with E-state index in [1.54, 1.807) is 18.3 Å². The predicted molar refractivity (Wildman–Crippen MR) is 135 cm³/mol. The molecule has 40 heavy (non-hydrogen) atoms. The van der Waals surface area contributed by atoms with Crippen LogP contribution in [0.5, 0.6) is 5.75 Å². The number of fused-ring (bicyclic) bond motifs is 1. The maximum atomic E-state index is 13.6. The molecule has 1 unspecified atom stereocenters. The minimum atomic E-state index is -4.83. The number of H-pyrrole nitrogens is 1. The lowest BCUT2D eigenvalue weighted by molar-refractivity contribution is -0.242. The normalized spacial score (nSPS) is 15.6. The van der Waals surface area contributed by atoms with Crippen molar-refractivity contribution in [3.8, 4) is 5.75 Å². The fourth-order valence-corrected chi connectivity index (χ4v) is 5.16. The van der Waals surface area contributed by atoms with Gasteiger partial charge in [0.2, 0.25) is 5.60 Å². The molecule has 1 aromatic heterocycles. The molecule has 2 amide bonds. The number of aromatic nitrogens is 1. The largest absolute Gasteiger partial charge is 0.484 e. The number of aromatic amines is 1. The molecule has 1 aliphatic heterocycles. The number of sulfonamides is 1. The van der Waals surface area contributed by atoms with Crippen molar-refractivity contribution >= 4 is 33.4 Å². The van der Waals surface area contributed by atoms with Gasteiger partial charge in [-0.3, -0.25) is 14.4 Å². The van der Waals surface area contributed by atoms with E-state index in [1.807, 2.05) is 0 Å². The molecule has 2 aromatic carbocycles. The second-order valence-electron chi connectivity index (χ2n) is 9.23. The quantitative estimate of drug-likeness (QED) is 0.353. The van der Waals surface area contributed by atoms with Crippen LogP contribution in [0.3, 0.4) is 0 Å². The average Bonchev–Trinajstić information content (AvgIpc) is 3.41. The van der Waals surface area contributed by atoms with E-state index in [0.717, 1.165) is 28.6 Å². The lowest BCUT2D eigenvalue weighted by Crippen LogP contribution is -2.48. The summed E-state index contributed by atoms with van der Waals surface area (Å²) in [6.45, 7) is 0.969. The van der Waals surface area contributed by atoms with Crippen LogP contribution in [-0.2, 0) is 14.8 Å². The summed E-state index contributed by atoms with van der Waals surface area (Å²) < 4.78 is 91.3. The first kappa shape index (κ1) is 28.7. The zero-order chi connectivity index (χ0) is 29.3. The van der Waals surface area contributed by atoms with Gasteiger partial charge in [0, 0.05) is 11.9 Å². The number of carbonyl (C=O) groups is 2. The second-order valence-corrected chi connectivity index (χ2v) is 11.1. The van der Waals surface area contributed by atoms with E-state index in [4.69, 9.17) is 4.74 Å². The number of ether oxygens (including phenoxy) is 2. The van der Waals surface area contributed by atoms with Gasteiger partial charge in [0.1, 0.15) is 23.4 Å². The number of hydrogen-bond acceptors (Lipinski definition) is 6. The molecule has 0 fully saturated rings. The maximum Gasteiger partial charge on any atom is 0.427 e. The van der Waals surface area contributed by atoms with Crippen LogP contribution in [0.2, 0.25) is 0 Å². The fraction of sp³-hybridized carbons (Fsp3) is 0.280. The number of nitrogens with zero attached hydrogens (tertiary/aromatic N) is 1. The molecule has 214 valence electrons. The van der Waals surface area contributed by atoms with Crippen molar-refractivity contribution < 1.29 is 45.0 Å². The van der Waals surface area contributed by atoms with Gasteiger partial charge in [0.15, 0.2) is 0 Å². The zero-order valence-electron chi connectivity index (χ0n) is 21.1. The summed E-state index contributed by atoms with van der Waals surface area (Å²) in [6.07, 6.45) is -5.56. The lowest BCUT2D eigenvalue weighted by atomic mass is 10.1. The standard InChI is InChI=1S/C25H24F4N4O6S/c1-24(2,25(27,28)29)39-23(35)32-16-7-10-21-20(12-16)33(40(36,37)18-8-5-15(26)6-9-18)14-17(38-21)13-31-22(34)19-4-3-11-30-19/h3-12,17,30H,13-14H2,1-2H3,(H,31,34)(H,32,35). The van der Waals surface area contributed by atoms with Crippen LogP contribution in [0, 0.1) is 5.82 Å². The van der Waals surface area contributed by atoms with Crippen LogP contribution in [0.25, 0.3) is 0 Å². The van der Waals surface area contributed by atoms with E-state index in [9.17, 15) is 35.6 Å². The predicted octanol–water partition coefficient (Wildman–Crippen LogP) is 4.43. The van der Waals surface area contributed by atoms with Gasteiger partial charge >= 0.3 is 12.3 Å². The molecule has 10 nitrogen and oxygen atoms in total.